The van der Waals surface area contributed by atoms with E-state index < -0.39 is 23.0 Å². The van der Waals surface area contributed by atoms with Crippen LogP contribution in [-0.4, -0.2) is 30.9 Å². The number of nitrogens with zero attached hydrogens (tertiary/aromatic N) is 4. The minimum atomic E-state index is -1.12. The maximum atomic E-state index is 14.5. The standard InChI is InChI=1S/C22H15F2N7O2/c1-10-30-31-22(33-10)11-3-2-4-12(7-11)29-21-16-13(8-26-20(16)27-9-28-21)19(32)17-14(23)5-6-15(25)18(17)24/h2-9H,25H2,1H3,(H2,26,27,28,29). The molecule has 0 radical (unpaired) electrons. The molecule has 0 fully saturated rings. The van der Waals surface area contributed by atoms with Gasteiger partial charge in [-0.25, -0.2) is 18.7 Å². The molecule has 3 heterocycles. The number of aryl methyl sites for hydroxylation is 1. The normalized spacial score (nSPS) is 11.1. The molecule has 3 aromatic heterocycles. The lowest BCUT2D eigenvalue weighted by molar-refractivity contribution is 0.103. The van der Waals surface area contributed by atoms with Crippen molar-refractivity contribution in [1.82, 2.24) is 25.1 Å². The molecule has 2 aromatic carbocycles. The molecule has 33 heavy (non-hydrogen) atoms. The topological polar surface area (TPSA) is 136 Å². The second-order valence-electron chi connectivity index (χ2n) is 7.13. The number of nitrogens with one attached hydrogen (secondary N) is 2. The predicted molar refractivity (Wildman–Crippen MR) is 116 cm³/mol. The van der Waals surface area contributed by atoms with Crippen LogP contribution in [0.3, 0.4) is 0 Å². The van der Waals surface area contributed by atoms with Crippen molar-refractivity contribution in [3.05, 3.63) is 77.6 Å². The van der Waals surface area contributed by atoms with E-state index in [2.05, 4.69) is 30.5 Å². The number of rotatable bonds is 5. The number of carbonyl (C=O) groups excluding carboxylic acids is 1. The number of nitrogen functional groups attached to an aromatic ring is 1. The molecule has 0 aliphatic rings. The lowest BCUT2D eigenvalue weighted by Crippen LogP contribution is -2.10. The van der Waals surface area contributed by atoms with Crippen LogP contribution in [0, 0.1) is 18.6 Å². The van der Waals surface area contributed by atoms with Crippen molar-refractivity contribution >= 4 is 34.0 Å². The number of aromatic amines is 1. The summed E-state index contributed by atoms with van der Waals surface area (Å²) < 4.78 is 34.3. The van der Waals surface area contributed by atoms with E-state index >= 15 is 0 Å². The van der Waals surface area contributed by atoms with Gasteiger partial charge in [0.25, 0.3) is 0 Å². The van der Waals surface area contributed by atoms with Gasteiger partial charge in [-0.1, -0.05) is 6.07 Å². The summed E-state index contributed by atoms with van der Waals surface area (Å²) >= 11 is 0. The number of benzene rings is 2. The third-order valence-electron chi connectivity index (χ3n) is 4.96. The molecular formula is C22H15F2N7O2. The first-order valence-electron chi connectivity index (χ1n) is 9.70. The van der Waals surface area contributed by atoms with Gasteiger partial charge in [0.2, 0.25) is 17.6 Å². The Kier molecular flexibility index (Phi) is 4.78. The summed E-state index contributed by atoms with van der Waals surface area (Å²) in [7, 11) is 0. The molecule has 5 aromatic rings. The third kappa shape index (κ3) is 3.55. The summed E-state index contributed by atoms with van der Waals surface area (Å²) in [5, 5.41) is 11.2. The quantitative estimate of drug-likeness (QED) is 0.270. The van der Waals surface area contributed by atoms with Crippen molar-refractivity contribution < 1.29 is 18.0 Å². The lowest BCUT2D eigenvalue weighted by atomic mass is 10.0. The predicted octanol–water partition coefficient (Wildman–Crippen LogP) is 4.15. The average Bonchev–Trinajstić information content (AvgIpc) is 3.44. The molecular weight excluding hydrogens is 432 g/mol. The Labute approximate surface area is 184 Å². The molecule has 11 heteroatoms. The molecule has 164 valence electrons. The Morgan fingerprint density at radius 3 is 2.79 bits per heavy atom. The zero-order valence-corrected chi connectivity index (χ0v) is 17.1. The third-order valence-corrected chi connectivity index (χ3v) is 4.96. The Morgan fingerprint density at radius 2 is 2.00 bits per heavy atom. The van der Waals surface area contributed by atoms with Gasteiger partial charge < -0.3 is 20.5 Å². The van der Waals surface area contributed by atoms with E-state index in [9.17, 15) is 13.6 Å². The van der Waals surface area contributed by atoms with Gasteiger partial charge in [-0.2, -0.15) is 0 Å². The van der Waals surface area contributed by atoms with E-state index in [1.165, 1.54) is 12.5 Å². The van der Waals surface area contributed by atoms with Gasteiger partial charge in [0, 0.05) is 24.4 Å². The molecule has 0 saturated heterocycles. The van der Waals surface area contributed by atoms with Gasteiger partial charge in [0.15, 0.2) is 5.82 Å². The highest BCUT2D eigenvalue weighted by Crippen LogP contribution is 2.31. The Balaban J connectivity index is 1.57. The SMILES string of the molecule is Cc1nnc(-c2cccc(Nc3ncnc4[nH]cc(C(=O)c5c(F)ccc(N)c5F)c34)c2)o1. The molecule has 0 amide bonds. The van der Waals surface area contributed by atoms with Gasteiger partial charge in [0.1, 0.15) is 23.6 Å². The van der Waals surface area contributed by atoms with E-state index in [4.69, 9.17) is 10.2 Å². The van der Waals surface area contributed by atoms with Gasteiger partial charge >= 0.3 is 0 Å². The molecule has 4 N–H and O–H groups in total. The van der Waals surface area contributed by atoms with Crippen molar-refractivity contribution in [2.75, 3.05) is 11.1 Å². The van der Waals surface area contributed by atoms with Crippen LogP contribution in [0.25, 0.3) is 22.5 Å². The monoisotopic (exact) mass is 447 g/mol. The van der Waals surface area contributed by atoms with E-state index in [1.54, 1.807) is 31.2 Å². The first kappa shape index (κ1) is 20.2. The molecule has 9 nitrogen and oxygen atoms in total. The number of ketones is 1. The number of halogens is 2. The van der Waals surface area contributed by atoms with Crippen molar-refractivity contribution in [3.8, 4) is 11.5 Å². The number of H-pyrrole nitrogens is 1. The second-order valence-corrected chi connectivity index (χ2v) is 7.13. The highest BCUT2D eigenvalue weighted by molar-refractivity contribution is 6.18. The van der Waals surface area contributed by atoms with Crippen molar-refractivity contribution in [3.63, 3.8) is 0 Å². The minimum Gasteiger partial charge on any atom is -0.421 e. The second kappa shape index (κ2) is 7.79. The van der Waals surface area contributed by atoms with E-state index in [0.717, 1.165) is 12.1 Å². The summed E-state index contributed by atoms with van der Waals surface area (Å²) in [6, 6.07) is 9.10. The average molecular weight is 447 g/mol. The summed E-state index contributed by atoms with van der Waals surface area (Å²) in [5.74, 6) is -2.01. The summed E-state index contributed by atoms with van der Waals surface area (Å²) in [6.45, 7) is 1.69. The number of nitrogens with two attached hydrogens (primary N) is 1. The van der Waals surface area contributed by atoms with Crippen molar-refractivity contribution in [2.45, 2.75) is 6.92 Å². The van der Waals surface area contributed by atoms with Gasteiger partial charge in [-0.05, 0) is 30.3 Å². The smallest absolute Gasteiger partial charge is 0.247 e. The first-order valence-corrected chi connectivity index (χ1v) is 9.70. The zero-order chi connectivity index (χ0) is 23.1. The Hall–Kier alpha value is -4.67. The molecule has 0 saturated carbocycles. The molecule has 0 aliphatic heterocycles. The van der Waals surface area contributed by atoms with Crippen LogP contribution in [0.5, 0.6) is 0 Å². The van der Waals surface area contributed by atoms with Crippen molar-refractivity contribution in [2.24, 2.45) is 0 Å². The van der Waals surface area contributed by atoms with E-state index in [0.29, 0.717) is 28.7 Å². The minimum absolute atomic E-state index is 0.0137. The zero-order valence-electron chi connectivity index (χ0n) is 17.1. The van der Waals surface area contributed by atoms with Gasteiger partial charge in [-0.15, -0.1) is 10.2 Å². The number of hydrogen-bond donors (Lipinski definition) is 3. The first-order chi connectivity index (χ1) is 15.9. The van der Waals surface area contributed by atoms with Crippen LogP contribution in [0.4, 0.5) is 26.0 Å². The number of carbonyl (C=O) groups is 1. The van der Waals surface area contributed by atoms with Gasteiger partial charge in [0.05, 0.1) is 22.2 Å². The van der Waals surface area contributed by atoms with E-state index in [-0.39, 0.29) is 22.5 Å². The fraction of sp³-hybridized carbons (Fsp3) is 0.0455. The maximum Gasteiger partial charge on any atom is 0.247 e. The maximum absolute atomic E-state index is 14.5. The molecule has 0 spiro atoms. The molecule has 0 aliphatic carbocycles. The number of hydrogen-bond acceptors (Lipinski definition) is 8. The fourth-order valence-electron chi connectivity index (χ4n) is 3.43. The fourth-order valence-corrected chi connectivity index (χ4v) is 3.43. The van der Waals surface area contributed by atoms with Crippen LogP contribution in [0.15, 0.2) is 53.3 Å². The summed E-state index contributed by atoms with van der Waals surface area (Å²) in [4.78, 5) is 24.3. The molecule has 0 atom stereocenters. The van der Waals surface area contributed by atoms with Crippen LogP contribution in [-0.2, 0) is 0 Å². The van der Waals surface area contributed by atoms with Crippen LogP contribution < -0.4 is 11.1 Å². The largest absolute Gasteiger partial charge is 0.421 e. The number of fused-ring (bicyclic) bond motifs is 1. The summed E-state index contributed by atoms with van der Waals surface area (Å²) in [5.41, 5.74) is 6.02. The Bertz CT molecular complexity index is 1530. The number of aromatic nitrogens is 5. The molecule has 0 bridgehead atoms. The lowest BCUT2D eigenvalue weighted by Gasteiger charge is -2.10. The van der Waals surface area contributed by atoms with E-state index in [1.807, 2.05) is 0 Å². The van der Waals surface area contributed by atoms with Crippen LogP contribution in [0.2, 0.25) is 0 Å². The Morgan fingerprint density at radius 1 is 1.15 bits per heavy atom. The summed E-state index contributed by atoms with van der Waals surface area (Å²) in [6.07, 6.45) is 2.62. The number of anilines is 3. The molecule has 0 unspecified atom stereocenters. The highest BCUT2D eigenvalue weighted by atomic mass is 19.1. The highest BCUT2D eigenvalue weighted by Gasteiger charge is 2.25. The molecule has 5 rings (SSSR count). The van der Waals surface area contributed by atoms with Crippen LogP contribution in [0.1, 0.15) is 21.8 Å². The van der Waals surface area contributed by atoms with Crippen LogP contribution >= 0.6 is 0 Å². The van der Waals surface area contributed by atoms with Gasteiger partial charge in [-0.3, -0.25) is 4.79 Å². The van der Waals surface area contributed by atoms with Crippen molar-refractivity contribution in [1.29, 1.82) is 0 Å².